The van der Waals surface area contributed by atoms with E-state index < -0.39 is 0 Å². The van der Waals surface area contributed by atoms with E-state index in [1.165, 1.54) is 81.5 Å². The molecule has 0 aliphatic heterocycles. The number of rotatable bonds is 0. The molecule has 0 heterocycles. The molecule has 19 rings (SSSR count). The second kappa shape index (κ2) is 27.7. The molecule has 0 saturated heterocycles. The minimum atomic E-state index is 1.14. The van der Waals surface area contributed by atoms with E-state index in [4.69, 9.17) is 0 Å². The van der Waals surface area contributed by atoms with Gasteiger partial charge < -0.3 is 0 Å². The molecule has 0 aromatic carbocycles. The van der Waals surface area contributed by atoms with Gasteiger partial charge in [-0.15, -0.1) is 0 Å². The molecule has 16 bridgehead atoms. The molecular formula is C66H116. The van der Waals surface area contributed by atoms with Crippen LogP contribution in [0.2, 0.25) is 0 Å². The van der Waals surface area contributed by atoms with Crippen molar-refractivity contribution in [3.8, 4) is 0 Å². The van der Waals surface area contributed by atoms with E-state index in [2.05, 4.69) is 0 Å². The van der Waals surface area contributed by atoms with Crippen LogP contribution in [-0.2, 0) is 0 Å². The Morgan fingerprint density at radius 3 is 0.409 bits per heavy atom. The summed E-state index contributed by atoms with van der Waals surface area (Å²) in [6, 6.07) is 0. The highest BCUT2D eigenvalue weighted by molar-refractivity contribution is 4.87. The summed E-state index contributed by atoms with van der Waals surface area (Å²) < 4.78 is 0. The first kappa shape index (κ1) is 50.9. The Bertz CT molecular complexity index is 1100. The summed E-state index contributed by atoms with van der Waals surface area (Å²) in [6.07, 6.45) is 77.8. The fourth-order valence-electron chi connectivity index (χ4n) is 19.2. The molecule has 19 aliphatic rings. The lowest BCUT2D eigenvalue weighted by Crippen LogP contribution is -2.21. The summed E-state index contributed by atoms with van der Waals surface area (Å²) in [6.45, 7) is 0. The summed E-state index contributed by atoms with van der Waals surface area (Å²) >= 11 is 0. The Morgan fingerprint density at radius 1 is 0.0909 bits per heavy atom. The Morgan fingerprint density at radius 2 is 0.212 bits per heavy atom. The van der Waals surface area contributed by atoms with Crippen molar-refractivity contribution in [3.05, 3.63) is 0 Å². The van der Waals surface area contributed by atoms with Crippen molar-refractivity contribution >= 4 is 0 Å². The van der Waals surface area contributed by atoms with Crippen molar-refractivity contribution in [2.75, 3.05) is 0 Å². The first-order chi connectivity index (χ1) is 32.6. The van der Waals surface area contributed by atoms with E-state index in [0.29, 0.717) is 0 Å². The SMILES string of the molecule is C1CC2CC1C2.C1CC2CCC(C1)C2.C1CC2CCC(C1)CC2.C1CC2CCC1C2.C1CC2CCC1CC2.C1CC2CCCC(C1)C2.C1CC2CCCC(C1)C2.C1CCC2CCCC(C1)C2. The zero-order valence-corrected chi connectivity index (χ0v) is 44.6. The van der Waals surface area contributed by atoms with Gasteiger partial charge in [0, 0.05) is 0 Å². The van der Waals surface area contributed by atoms with Crippen molar-refractivity contribution in [2.45, 2.75) is 321 Å². The van der Waals surface area contributed by atoms with Gasteiger partial charge in [-0.25, -0.2) is 0 Å². The maximum absolute atomic E-state index is 1.58. The molecule has 380 valence electrons. The molecule has 0 aromatic rings. The van der Waals surface area contributed by atoms with Crippen LogP contribution in [0.3, 0.4) is 0 Å². The summed E-state index contributed by atoms with van der Waals surface area (Å²) in [5, 5.41) is 0. The third-order valence-electron chi connectivity index (χ3n) is 23.6. The van der Waals surface area contributed by atoms with Crippen LogP contribution in [0.1, 0.15) is 321 Å². The van der Waals surface area contributed by atoms with Gasteiger partial charge in [0.05, 0.1) is 0 Å². The molecule has 0 N–H and O–H groups in total. The molecule has 19 saturated carbocycles. The van der Waals surface area contributed by atoms with Gasteiger partial charge in [0.2, 0.25) is 0 Å². The highest BCUT2D eigenvalue weighted by atomic mass is 14.4. The van der Waals surface area contributed by atoms with Gasteiger partial charge in [-0.3, -0.25) is 0 Å². The van der Waals surface area contributed by atoms with Gasteiger partial charge in [0.1, 0.15) is 0 Å². The molecular weight excluding hydrogens is 793 g/mol. The lowest BCUT2D eigenvalue weighted by molar-refractivity contribution is 0.176. The average molecular weight is 910 g/mol. The van der Waals surface area contributed by atoms with E-state index in [1.54, 1.807) is 263 Å². The maximum atomic E-state index is 1.58. The zero-order valence-electron chi connectivity index (χ0n) is 44.6. The molecule has 0 radical (unpaired) electrons. The van der Waals surface area contributed by atoms with Crippen molar-refractivity contribution in [1.29, 1.82) is 0 Å². The largest absolute Gasteiger partial charge is 0.0530 e. The van der Waals surface area contributed by atoms with E-state index in [0.717, 1.165) is 71.0 Å². The first-order valence-electron chi connectivity index (χ1n) is 32.6. The zero-order chi connectivity index (χ0) is 44.6. The second-order valence-electron chi connectivity index (χ2n) is 28.5. The standard InChI is InChI=1S/C10H18.3C9H16.2C8H14.C7H12.C6H10/c1-2-5-10-7-3-6-9(4-1)8-10;2*1-3-8-5-2-6-9(4-1)7-8;1-2-8-4-6-9(3-1)7-5-8;1-2-8-5-3-7(1)4-6-8;1-2-7-4-5-8(3-1)6-7;1-2-7-4-3-6(1)5-7;1-2-6-3-5(1)4-6/h9-10H,1-8H2;3*8-9H,1-7H2;2*7-8H,1-6H2;6-7H,1-5H2;5-6H,1-4H2. The molecule has 0 aromatic heterocycles. The van der Waals surface area contributed by atoms with E-state index >= 15 is 0 Å². The van der Waals surface area contributed by atoms with E-state index in [9.17, 15) is 0 Å². The Hall–Kier alpha value is 0. The Kier molecular flexibility index (Phi) is 21.4. The maximum Gasteiger partial charge on any atom is -0.0409 e. The smallest absolute Gasteiger partial charge is 0.0409 e. The Balaban J connectivity index is 0.0000000951. The quantitative estimate of drug-likeness (QED) is 0.227. The van der Waals surface area contributed by atoms with E-state index in [-0.39, 0.29) is 0 Å². The fourth-order valence-corrected chi connectivity index (χ4v) is 19.2. The van der Waals surface area contributed by atoms with Crippen LogP contribution in [0.4, 0.5) is 0 Å². The lowest BCUT2D eigenvalue weighted by Gasteiger charge is -2.35. The van der Waals surface area contributed by atoms with Crippen molar-refractivity contribution in [2.24, 2.45) is 94.7 Å². The molecule has 0 amide bonds. The third-order valence-corrected chi connectivity index (χ3v) is 23.6. The highest BCUT2D eigenvalue weighted by Crippen LogP contribution is 2.48. The van der Waals surface area contributed by atoms with Crippen molar-refractivity contribution in [1.82, 2.24) is 0 Å². The number of fused-ring (bicyclic) bond motifs is 18. The average Bonchev–Trinajstić information content (AvgIpc) is 4.21. The molecule has 19 aliphatic carbocycles. The monoisotopic (exact) mass is 909 g/mol. The van der Waals surface area contributed by atoms with Crippen LogP contribution in [0.15, 0.2) is 0 Å². The summed E-state index contributed by atoms with van der Waals surface area (Å²) in [5.41, 5.74) is 0. The summed E-state index contributed by atoms with van der Waals surface area (Å²) in [7, 11) is 0. The predicted octanol–water partition coefficient (Wildman–Crippen LogP) is 21.5. The lowest BCUT2D eigenvalue weighted by atomic mass is 9.71. The minimum Gasteiger partial charge on any atom is -0.0530 e. The number of hydrogen-bond acceptors (Lipinski definition) is 0. The molecule has 0 heteroatoms. The van der Waals surface area contributed by atoms with Gasteiger partial charge in [-0.1, -0.05) is 276 Å². The normalized spacial score (nSPS) is 44.4. The van der Waals surface area contributed by atoms with Gasteiger partial charge >= 0.3 is 0 Å². The molecule has 0 nitrogen and oxygen atoms in total. The second-order valence-corrected chi connectivity index (χ2v) is 28.5. The number of hydrogen-bond donors (Lipinski definition) is 0. The predicted molar refractivity (Wildman–Crippen MR) is 287 cm³/mol. The molecule has 66 heavy (non-hydrogen) atoms. The molecule has 19 fully saturated rings. The molecule has 4 unspecified atom stereocenters. The minimum absolute atomic E-state index is 1.14. The molecule has 0 spiro atoms. The first-order valence-corrected chi connectivity index (χ1v) is 32.6. The summed E-state index contributed by atoms with van der Waals surface area (Å²) in [4.78, 5) is 0. The fraction of sp³-hybridized carbons (Fsp3) is 1.00. The Labute approximate surface area is 413 Å². The van der Waals surface area contributed by atoms with Gasteiger partial charge in [0.15, 0.2) is 0 Å². The van der Waals surface area contributed by atoms with Crippen molar-refractivity contribution in [3.63, 3.8) is 0 Å². The van der Waals surface area contributed by atoms with Crippen molar-refractivity contribution < 1.29 is 0 Å². The topological polar surface area (TPSA) is 0 Å². The van der Waals surface area contributed by atoms with E-state index in [1.807, 2.05) is 0 Å². The van der Waals surface area contributed by atoms with Crippen LogP contribution in [0, 0.1) is 94.7 Å². The third kappa shape index (κ3) is 17.1. The van der Waals surface area contributed by atoms with Crippen LogP contribution < -0.4 is 0 Å². The van der Waals surface area contributed by atoms with Crippen LogP contribution in [0.25, 0.3) is 0 Å². The van der Waals surface area contributed by atoms with Gasteiger partial charge in [-0.05, 0) is 140 Å². The van der Waals surface area contributed by atoms with Crippen LogP contribution >= 0.6 is 0 Å². The highest BCUT2D eigenvalue weighted by Gasteiger charge is 2.36. The molecule has 4 atom stereocenters. The van der Waals surface area contributed by atoms with Gasteiger partial charge in [0.25, 0.3) is 0 Å². The van der Waals surface area contributed by atoms with Crippen LogP contribution in [0.5, 0.6) is 0 Å². The summed E-state index contributed by atoms with van der Waals surface area (Å²) in [5.74, 6) is 18.5. The van der Waals surface area contributed by atoms with Gasteiger partial charge in [-0.2, -0.15) is 0 Å². The van der Waals surface area contributed by atoms with Crippen LogP contribution in [-0.4, -0.2) is 0 Å².